The maximum absolute atomic E-state index is 5.18. The fourth-order valence-electron chi connectivity index (χ4n) is 2.37. The van der Waals surface area contributed by atoms with Gasteiger partial charge in [0.2, 0.25) is 4.96 Å². The second kappa shape index (κ2) is 6.31. The summed E-state index contributed by atoms with van der Waals surface area (Å²) in [6, 6.07) is 13.9. The van der Waals surface area contributed by atoms with E-state index in [1.807, 2.05) is 47.1 Å². The van der Waals surface area contributed by atoms with Crippen LogP contribution in [0.5, 0.6) is 5.75 Å². The van der Waals surface area contributed by atoms with Crippen LogP contribution in [0.3, 0.4) is 0 Å². The zero-order valence-electron chi connectivity index (χ0n) is 12.5. The minimum atomic E-state index is 0.713. The molecule has 0 N–H and O–H groups in total. The van der Waals surface area contributed by atoms with Crippen LogP contribution < -0.4 is 4.74 Å². The highest BCUT2D eigenvalue weighted by atomic mass is 79.9. The predicted molar refractivity (Wildman–Crippen MR) is 104 cm³/mol. The van der Waals surface area contributed by atoms with Crippen molar-refractivity contribution < 1.29 is 4.74 Å². The van der Waals surface area contributed by atoms with Gasteiger partial charge in [0.05, 0.1) is 12.0 Å². The Hall–Kier alpha value is -1.70. The van der Waals surface area contributed by atoms with E-state index in [9.17, 15) is 0 Å². The molecule has 7 heteroatoms. The van der Waals surface area contributed by atoms with Gasteiger partial charge >= 0.3 is 0 Å². The Morgan fingerprint density at radius 3 is 2.54 bits per heavy atom. The van der Waals surface area contributed by atoms with Gasteiger partial charge in [-0.15, -0.1) is 5.10 Å². The molecule has 24 heavy (non-hydrogen) atoms. The Morgan fingerprint density at radius 2 is 1.88 bits per heavy atom. The fraction of sp³-hybridized carbons (Fsp3) is 0.0588. The Bertz CT molecular complexity index is 993. The lowest BCUT2D eigenvalue weighted by Gasteiger charge is -2.01. The lowest BCUT2D eigenvalue weighted by molar-refractivity contribution is 0.415. The highest BCUT2D eigenvalue weighted by Gasteiger charge is 2.13. The molecule has 0 aliphatic rings. The van der Waals surface area contributed by atoms with E-state index in [0.29, 0.717) is 5.82 Å². The van der Waals surface area contributed by atoms with E-state index in [4.69, 9.17) is 4.74 Å². The molecule has 2 heterocycles. The second-order valence-electron chi connectivity index (χ2n) is 5.11. The summed E-state index contributed by atoms with van der Waals surface area (Å²) in [6.07, 6.45) is 2.01. The number of thiazole rings is 1. The third kappa shape index (κ3) is 2.87. The summed E-state index contributed by atoms with van der Waals surface area (Å²) in [5.41, 5.74) is 2.10. The van der Waals surface area contributed by atoms with Gasteiger partial charge in [0.15, 0.2) is 5.82 Å². The average molecular weight is 465 g/mol. The lowest BCUT2D eigenvalue weighted by atomic mass is 10.2. The Balaban J connectivity index is 1.71. The molecule has 4 aromatic rings. The van der Waals surface area contributed by atoms with Crippen molar-refractivity contribution in [2.24, 2.45) is 0 Å². The van der Waals surface area contributed by atoms with Gasteiger partial charge in [-0.1, -0.05) is 49.3 Å². The number of hydrogen-bond donors (Lipinski definition) is 0. The van der Waals surface area contributed by atoms with Gasteiger partial charge in [-0.2, -0.15) is 4.98 Å². The molecule has 0 spiro atoms. The van der Waals surface area contributed by atoms with E-state index in [2.05, 4.69) is 48.0 Å². The molecule has 0 amide bonds. The van der Waals surface area contributed by atoms with Crippen LogP contribution in [0.15, 0.2) is 57.6 Å². The summed E-state index contributed by atoms with van der Waals surface area (Å²) < 4.78 is 9.09. The average Bonchev–Trinajstić information content (AvgIpc) is 3.14. The molecule has 0 aliphatic carbocycles. The topological polar surface area (TPSA) is 39.4 Å². The normalized spacial score (nSPS) is 11.1. The minimum absolute atomic E-state index is 0.713. The highest BCUT2D eigenvalue weighted by Crippen LogP contribution is 2.35. The van der Waals surface area contributed by atoms with Crippen LogP contribution >= 0.6 is 43.2 Å². The third-order valence-electron chi connectivity index (χ3n) is 3.59. The van der Waals surface area contributed by atoms with Crippen LogP contribution in [0, 0.1) is 0 Å². The molecular formula is C17H11Br2N3OS. The van der Waals surface area contributed by atoms with Crippen molar-refractivity contribution in [3.05, 3.63) is 57.6 Å². The zero-order valence-corrected chi connectivity index (χ0v) is 16.5. The Labute approximate surface area is 159 Å². The van der Waals surface area contributed by atoms with Crippen molar-refractivity contribution in [2.45, 2.75) is 0 Å². The van der Waals surface area contributed by atoms with Crippen LogP contribution in [0.25, 0.3) is 26.8 Å². The van der Waals surface area contributed by atoms with Gasteiger partial charge < -0.3 is 4.74 Å². The molecule has 0 aliphatic heterocycles. The van der Waals surface area contributed by atoms with E-state index in [-0.39, 0.29) is 0 Å². The fourth-order valence-corrected chi connectivity index (χ4v) is 4.72. The first-order valence-corrected chi connectivity index (χ1v) is 9.50. The number of benzene rings is 2. The van der Waals surface area contributed by atoms with E-state index >= 15 is 0 Å². The van der Waals surface area contributed by atoms with Crippen molar-refractivity contribution in [1.82, 2.24) is 14.6 Å². The summed E-state index contributed by atoms with van der Waals surface area (Å²) in [7, 11) is 1.65. The van der Waals surface area contributed by atoms with Crippen molar-refractivity contribution in [3.63, 3.8) is 0 Å². The monoisotopic (exact) mass is 463 g/mol. The maximum Gasteiger partial charge on any atom is 0.213 e. The molecule has 2 aromatic heterocycles. The second-order valence-corrected chi connectivity index (χ2v) is 7.89. The van der Waals surface area contributed by atoms with Gasteiger partial charge in [-0.3, -0.25) is 0 Å². The summed E-state index contributed by atoms with van der Waals surface area (Å²) >= 11 is 8.70. The van der Waals surface area contributed by atoms with E-state index in [1.54, 1.807) is 18.4 Å². The van der Waals surface area contributed by atoms with Crippen LogP contribution in [0.2, 0.25) is 0 Å². The summed E-state index contributed by atoms with van der Waals surface area (Å²) in [5, 5.41) is 4.58. The molecule has 0 unspecified atom stereocenters. The predicted octanol–water partition coefficient (Wildman–Crippen LogP) is 5.66. The molecule has 4 nitrogen and oxygen atoms in total. The largest absolute Gasteiger partial charge is 0.497 e. The lowest BCUT2D eigenvalue weighted by Crippen LogP contribution is -1.85. The number of rotatable bonds is 3. The quantitative estimate of drug-likeness (QED) is 0.392. The number of nitrogens with zero attached hydrogens (tertiary/aromatic N) is 3. The van der Waals surface area contributed by atoms with Crippen molar-refractivity contribution in [2.75, 3.05) is 7.11 Å². The molecule has 0 radical (unpaired) electrons. The molecule has 4 rings (SSSR count). The first-order valence-electron chi connectivity index (χ1n) is 7.10. The molecule has 0 saturated carbocycles. The summed E-state index contributed by atoms with van der Waals surface area (Å²) in [4.78, 5) is 6.62. The van der Waals surface area contributed by atoms with Crippen LogP contribution in [0.1, 0.15) is 0 Å². The molecule has 120 valence electrons. The Kier molecular flexibility index (Phi) is 4.15. The van der Waals surface area contributed by atoms with Crippen LogP contribution in [-0.2, 0) is 0 Å². The first kappa shape index (κ1) is 15.8. The Morgan fingerprint density at radius 1 is 1.08 bits per heavy atom. The summed E-state index contributed by atoms with van der Waals surface area (Å²) in [5.74, 6) is 1.53. The standard InChI is InChI=1S/C17H11Br2N3OS/c1-23-12-5-2-10(3-6-12)16-20-17-22(21-16)9-15(24-17)13-7-4-11(18)8-14(13)19/h2-9H,1H3. The number of ether oxygens (including phenoxy) is 1. The van der Waals surface area contributed by atoms with Crippen molar-refractivity contribution in [1.29, 1.82) is 0 Å². The third-order valence-corrected chi connectivity index (χ3v) is 5.74. The van der Waals surface area contributed by atoms with Crippen LogP contribution in [0.4, 0.5) is 0 Å². The number of aromatic nitrogens is 3. The number of halogens is 2. The van der Waals surface area contributed by atoms with E-state index in [1.165, 1.54) is 0 Å². The first-order chi connectivity index (χ1) is 11.6. The van der Waals surface area contributed by atoms with E-state index in [0.717, 1.165) is 35.7 Å². The maximum atomic E-state index is 5.18. The van der Waals surface area contributed by atoms with Crippen LogP contribution in [-0.4, -0.2) is 21.7 Å². The van der Waals surface area contributed by atoms with Gasteiger partial charge in [0.25, 0.3) is 0 Å². The zero-order chi connectivity index (χ0) is 16.7. The molecule has 0 fully saturated rings. The highest BCUT2D eigenvalue weighted by molar-refractivity contribution is 9.11. The molecule has 0 atom stereocenters. The molecule has 0 bridgehead atoms. The van der Waals surface area contributed by atoms with Gasteiger partial charge in [-0.05, 0) is 36.4 Å². The number of hydrogen-bond acceptors (Lipinski definition) is 4. The number of methoxy groups -OCH3 is 1. The van der Waals surface area contributed by atoms with E-state index < -0.39 is 0 Å². The molecular weight excluding hydrogens is 454 g/mol. The number of fused-ring (bicyclic) bond motifs is 1. The van der Waals surface area contributed by atoms with Gasteiger partial charge in [0, 0.05) is 26.3 Å². The van der Waals surface area contributed by atoms with Crippen molar-refractivity contribution >= 4 is 48.2 Å². The SMILES string of the molecule is COc1ccc(-c2nc3sc(-c4ccc(Br)cc4Br)cn3n2)cc1. The van der Waals surface area contributed by atoms with Crippen molar-refractivity contribution in [3.8, 4) is 27.6 Å². The molecule has 0 saturated heterocycles. The van der Waals surface area contributed by atoms with Gasteiger partial charge in [0.1, 0.15) is 5.75 Å². The van der Waals surface area contributed by atoms with Gasteiger partial charge in [-0.25, -0.2) is 4.52 Å². The minimum Gasteiger partial charge on any atom is -0.497 e. The molecule has 2 aromatic carbocycles. The summed E-state index contributed by atoms with van der Waals surface area (Å²) in [6.45, 7) is 0. The smallest absolute Gasteiger partial charge is 0.213 e.